The number of amides is 1. The number of hydrogen-bond acceptors (Lipinski definition) is 4. The number of nitrogens with one attached hydrogen (secondary N) is 1. The van der Waals surface area contributed by atoms with Crippen LogP contribution in [0.5, 0.6) is 0 Å². The van der Waals surface area contributed by atoms with Gasteiger partial charge in [0.25, 0.3) is 5.91 Å². The summed E-state index contributed by atoms with van der Waals surface area (Å²) in [6, 6.07) is 6.48. The summed E-state index contributed by atoms with van der Waals surface area (Å²) < 4.78 is 13.6. The van der Waals surface area contributed by atoms with Crippen LogP contribution in [0.1, 0.15) is 29.9 Å². The zero-order chi connectivity index (χ0) is 17.5. The number of hydrogen-bond donors (Lipinski definition) is 1. The highest BCUT2D eigenvalue weighted by molar-refractivity contribution is 6.33. The lowest BCUT2D eigenvalue weighted by Crippen LogP contribution is -2.29. The maximum Gasteiger partial charge on any atom is 0.271 e. The third-order valence-electron chi connectivity index (χ3n) is 3.63. The Hall–Kier alpha value is -2.21. The average Bonchev–Trinajstić information content (AvgIpc) is 2.59. The van der Waals surface area contributed by atoms with E-state index >= 15 is 0 Å². The molecule has 2 aromatic rings. The fourth-order valence-electron chi connectivity index (χ4n) is 2.27. The van der Waals surface area contributed by atoms with E-state index in [-0.39, 0.29) is 16.5 Å². The quantitative estimate of drug-likeness (QED) is 0.833. The molecule has 7 heteroatoms. The number of benzene rings is 1. The molecule has 0 saturated carbocycles. The summed E-state index contributed by atoms with van der Waals surface area (Å²) in [4.78, 5) is 22.6. The fraction of sp³-hybridized carbons (Fsp3) is 0.353. The zero-order valence-electron chi connectivity index (χ0n) is 13.7. The molecule has 0 fully saturated rings. The van der Waals surface area contributed by atoms with E-state index in [1.165, 1.54) is 12.3 Å². The molecule has 2 rings (SSSR count). The third-order valence-corrected chi connectivity index (χ3v) is 3.91. The average molecular weight is 351 g/mol. The topological polar surface area (TPSA) is 58.1 Å². The van der Waals surface area contributed by atoms with E-state index < -0.39 is 5.91 Å². The molecule has 1 heterocycles. The van der Waals surface area contributed by atoms with E-state index in [2.05, 4.69) is 15.3 Å². The van der Waals surface area contributed by atoms with Gasteiger partial charge in [-0.3, -0.25) is 4.79 Å². The number of nitrogens with zero attached hydrogens (tertiary/aromatic N) is 3. The molecule has 0 bridgehead atoms. The highest BCUT2D eigenvalue weighted by Gasteiger charge is 2.16. The first kappa shape index (κ1) is 18.1. The minimum atomic E-state index is -0.396. The van der Waals surface area contributed by atoms with Crippen molar-refractivity contribution in [3.05, 3.63) is 52.6 Å². The largest absolute Gasteiger partial charge is 0.350 e. The van der Waals surface area contributed by atoms with Gasteiger partial charge in [-0.2, -0.15) is 0 Å². The summed E-state index contributed by atoms with van der Waals surface area (Å²) in [6.45, 7) is 5.71. The Bertz CT molecular complexity index is 707. The molecule has 0 aliphatic rings. The molecular weight excluding hydrogens is 331 g/mol. The van der Waals surface area contributed by atoms with Crippen molar-refractivity contribution < 1.29 is 9.18 Å². The Labute approximate surface area is 145 Å². The van der Waals surface area contributed by atoms with E-state index in [4.69, 9.17) is 11.6 Å². The van der Waals surface area contributed by atoms with Crippen molar-refractivity contribution in [1.29, 1.82) is 0 Å². The van der Waals surface area contributed by atoms with Crippen LogP contribution in [0, 0.1) is 5.82 Å². The first-order valence-electron chi connectivity index (χ1n) is 7.85. The first-order valence-corrected chi connectivity index (χ1v) is 8.23. The molecule has 5 nitrogen and oxygen atoms in total. The van der Waals surface area contributed by atoms with Gasteiger partial charge in [0.15, 0.2) is 5.69 Å². The summed E-state index contributed by atoms with van der Waals surface area (Å²) in [5, 5.41) is 2.91. The van der Waals surface area contributed by atoms with Crippen LogP contribution in [0.25, 0.3) is 0 Å². The van der Waals surface area contributed by atoms with Crippen LogP contribution in [0.15, 0.2) is 30.5 Å². The van der Waals surface area contributed by atoms with Crippen molar-refractivity contribution in [2.45, 2.75) is 20.3 Å². The molecule has 24 heavy (non-hydrogen) atoms. The summed E-state index contributed by atoms with van der Waals surface area (Å²) in [5.74, 6) is -0.216. The Morgan fingerprint density at radius 1 is 1.29 bits per heavy atom. The molecule has 128 valence electrons. The number of halogens is 2. The van der Waals surface area contributed by atoms with Crippen LogP contribution >= 0.6 is 11.6 Å². The van der Waals surface area contributed by atoms with E-state index in [0.29, 0.717) is 24.5 Å². The lowest BCUT2D eigenvalue weighted by Gasteiger charge is -2.19. The van der Waals surface area contributed by atoms with E-state index in [1.807, 2.05) is 18.7 Å². The van der Waals surface area contributed by atoms with Crippen molar-refractivity contribution in [3.63, 3.8) is 0 Å². The molecule has 0 spiro atoms. The predicted molar refractivity (Wildman–Crippen MR) is 93.0 cm³/mol. The molecular formula is C17H20ClFN4O. The van der Waals surface area contributed by atoms with Gasteiger partial charge in [-0.1, -0.05) is 29.8 Å². The lowest BCUT2D eigenvalue weighted by atomic mass is 10.1. The molecule has 1 amide bonds. The van der Waals surface area contributed by atoms with Gasteiger partial charge < -0.3 is 10.2 Å². The van der Waals surface area contributed by atoms with Gasteiger partial charge in [-0.25, -0.2) is 14.4 Å². The van der Waals surface area contributed by atoms with Crippen molar-refractivity contribution in [3.8, 4) is 0 Å². The monoisotopic (exact) mass is 350 g/mol. The summed E-state index contributed by atoms with van der Waals surface area (Å²) >= 11 is 6.04. The molecule has 1 aromatic carbocycles. The molecule has 0 radical (unpaired) electrons. The molecule has 1 aromatic heterocycles. The van der Waals surface area contributed by atoms with Gasteiger partial charge in [0.05, 0.1) is 11.2 Å². The van der Waals surface area contributed by atoms with Crippen LogP contribution < -0.4 is 10.2 Å². The van der Waals surface area contributed by atoms with Crippen LogP contribution in [0.4, 0.5) is 10.3 Å². The molecule has 0 atom stereocenters. The first-order chi connectivity index (χ1) is 11.6. The van der Waals surface area contributed by atoms with Gasteiger partial charge >= 0.3 is 0 Å². The normalized spacial score (nSPS) is 10.5. The smallest absolute Gasteiger partial charge is 0.271 e. The maximum atomic E-state index is 13.6. The van der Waals surface area contributed by atoms with Crippen LogP contribution in [0.3, 0.4) is 0 Å². The Morgan fingerprint density at radius 3 is 2.67 bits per heavy atom. The maximum absolute atomic E-state index is 13.6. The second-order valence-corrected chi connectivity index (χ2v) is 5.54. The fourth-order valence-corrected chi connectivity index (χ4v) is 2.45. The van der Waals surface area contributed by atoms with Crippen LogP contribution in [0.2, 0.25) is 5.02 Å². The van der Waals surface area contributed by atoms with Gasteiger partial charge in [-0.15, -0.1) is 0 Å². The molecule has 0 saturated heterocycles. The third kappa shape index (κ3) is 4.41. The molecule has 0 aliphatic carbocycles. The minimum Gasteiger partial charge on any atom is -0.350 e. The minimum absolute atomic E-state index is 0.127. The second kappa shape index (κ2) is 8.59. The van der Waals surface area contributed by atoms with E-state index in [1.54, 1.807) is 18.2 Å². The van der Waals surface area contributed by atoms with Gasteiger partial charge in [0.2, 0.25) is 5.95 Å². The number of carbonyl (C=O) groups excluding carboxylic acids is 1. The van der Waals surface area contributed by atoms with Crippen molar-refractivity contribution in [1.82, 2.24) is 15.3 Å². The van der Waals surface area contributed by atoms with Crippen LogP contribution in [-0.4, -0.2) is 35.5 Å². The van der Waals surface area contributed by atoms with E-state index in [9.17, 15) is 9.18 Å². The Morgan fingerprint density at radius 2 is 2.00 bits per heavy atom. The number of anilines is 1. The van der Waals surface area contributed by atoms with Gasteiger partial charge in [0.1, 0.15) is 5.82 Å². The summed E-state index contributed by atoms with van der Waals surface area (Å²) in [5.41, 5.74) is 0.678. The highest BCUT2D eigenvalue weighted by Crippen LogP contribution is 2.16. The van der Waals surface area contributed by atoms with Crippen molar-refractivity contribution in [2.75, 3.05) is 24.5 Å². The highest BCUT2D eigenvalue weighted by atomic mass is 35.5. The molecule has 1 N–H and O–H groups in total. The Balaban J connectivity index is 2.04. The van der Waals surface area contributed by atoms with E-state index in [0.717, 1.165) is 13.1 Å². The molecule has 0 unspecified atom stereocenters. The number of rotatable bonds is 7. The molecule has 0 aliphatic heterocycles. The Kier molecular flexibility index (Phi) is 6.49. The number of aromatic nitrogens is 2. The zero-order valence-corrected chi connectivity index (χ0v) is 14.5. The second-order valence-electron chi connectivity index (χ2n) is 5.14. The van der Waals surface area contributed by atoms with Gasteiger partial charge in [-0.05, 0) is 31.9 Å². The van der Waals surface area contributed by atoms with Crippen LogP contribution in [-0.2, 0) is 6.42 Å². The summed E-state index contributed by atoms with van der Waals surface area (Å²) in [6.07, 6.45) is 1.82. The van der Waals surface area contributed by atoms with Crippen molar-refractivity contribution in [2.24, 2.45) is 0 Å². The SMILES string of the molecule is CCN(CC)c1ncc(Cl)c(C(=O)NCCc2ccccc2F)n1. The summed E-state index contributed by atoms with van der Waals surface area (Å²) in [7, 11) is 0. The van der Waals surface area contributed by atoms with Crippen molar-refractivity contribution >= 4 is 23.5 Å². The number of carbonyl (C=O) groups is 1. The standard InChI is InChI=1S/C17H20ClFN4O/c1-3-23(4-2)17-21-11-13(18)15(22-17)16(24)20-10-9-12-7-5-6-8-14(12)19/h5-8,11H,3-4,9-10H2,1-2H3,(H,20,24). The predicted octanol–water partition coefficient (Wildman–Crippen LogP) is 3.09. The lowest BCUT2D eigenvalue weighted by molar-refractivity contribution is 0.0949. The van der Waals surface area contributed by atoms with Gasteiger partial charge in [0, 0.05) is 19.6 Å².